The Bertz CT molecular complexity index is 906. The average molecular weight is 433 g/mol. The normalized spacial score (nSPS) is 11.1. The Morgan fingerprint density at radius 2 is 1.97 bits per heavy atom. The molecule has 0 unspecified atom stereocenters. The van der Waals surface area contributed by atoms with Crippen LogP contribution >= 0.6 is 11.6 Å². The minimum Gasteiger partial charge on any atom is -0.466 e. The number of benzene rings is 2. The molecule has 0 aliphatic carbocycles. The second kappa shape index (κ2) is 9.46. The predicted molar refractivity (Wildman–Crippen MR) is 99.4 cm³/mol. The number of ether oxygens (including phenoxy) is 2. The van der Waals surface area contributed by atoms with Crippen LogP contribution in [0.3, 0.4) is 0 Å². The monoisotopic (exact) mass is 432 g/mol. The summed E-state index contributed by atoms with van der Waals surface area (Å²) in [5, 5.41) is 13.7. The molecule has 0 aromatic heterocycles. The Morgan fingerprint density at radius 3 is 2.55 bits per heavy atom. The highest BCUT2D eigenvalue weighted by atomic mass is 35.5. The van der Waals surface area contributed by atoms with E-state index in [9.17, 15) is 28.1 Å². The Morgan fingerprint density at radius 1 is 1.24 bits per heavy atom. The summed E-state index contributed by atoms with van der Waals surface area (Å²) in [7, 11) is 0. The van der Waals surface area contributed by atoms with E-state index in [0.29, 0.717) is 0 Å². The lowest BCUT2D eigenvalue weighted by atomic mass is 10.2. The van der Waals surface area contributed by atoms with Crippen LogP contribution in [0.5, 0.6) is 11.5 Å². The number of carbonyl (C=O) groups is 1. The zero-order valence-corrected chi connectivity index (χ0v) is 15.8. The smallest absolute Gasteiger partial charge is 0.416 e. The Labute approximate surface area is 168 Å². The Balaban J connectivity index is 2.19. The van der Waals surface area contributed by atoms with Gasteiger partial charge in [-0.25, -0.2) is 0 Å². The first-order valence-electron chi connectivity index (χ1n) is 8.34. The van der Waals surface area contributed by atoms with E-state index in [0.717, 1.165) is 18.2 Å². The van der Waals surface area contributed by atoms with Gasteiger partial charge in [-0.1, -0.05) is 11.6 Å². The summed E-state index contributed by atoms with van der Waals surface area (Å²) < 4.78 is 48.4. The van der Waals surface area contributed by atoms with E-state index in [-0.39, 0.29) is 47.5 Å². The lowest BCUT2D eigenvalue weighted by molar-refractivity contribution is -0.384. The number of halogens is 4. The van der Waals surface area contributed by atoms with Gasteiger partial charge in [-0.05, 0) is 31.2 Å². The molecule has 2 rings (SSSR count). The SMILES string of the molecule is CCOC(=O)CCNc1cc(Oc2ccc(C(F)(F)F)cc2Cl)ccc1[N+](=O)[O-]. The zero-order chi connectivity index (χ0) is 21.6. The zero-order valence-electron chi connectivity index (χ0n) is 15.1. The molecule has 0 amide bonds. The van der Waals surface area contributed by atoms with Gasteiger partial charge >= 0.3 is 12.1 Å². The maximum atomic E-state index is 12.7. The summed E-state index contributed by atoms with van der Waals surface area (Å²) in [4.78, 5) is 21.9. The number of rotatable bonds is 8. The van der Waals surface area contributed by atoms with Gasteiger partial charge < -0.3 is 14.8 Å². The summed E-state index contributed by atoms with van der Waals surface area (Å²) >= 11 is 5.85. The van der Waals surface area contributed by atoms with Gasteiger partial charge in [-0.15, -0.1) is 0 Å². The molecule has 0 saturated carbocycles. The van der Waals surface area contributed by atoms with Gasteiger partial charge in [0.05, 0.1) is 28.5 Å². The van der Waals surface area contributed by atoms with E-state index in [1.54, 1.807) is 6.92 Å². The van der Waals surface area contributed by atoms with Crippen molar-refractivity contribution in [3.63, 3.8) is 0 Å². The lowest BCUT2D eigenvalue weighted by Crippen LogP contribution is -2.12. The van der Waals surface area contributed by atoms with E-state index in [2.05, 4.69) is 5.32 Å². The summed E-state index contributed by atoms with van der Waals surface area (Å²) in [6.45, 7) is 1.95. The van der Waals surface area contributed by atoms with E-state index in [1.165, 1.54) is 18.2 Å². The first kappa shape index (κ1) is 22.3. The van der Waals surface area contributed by atoms with Crippen LogP contribution in [0.2, 0.25) is 5.02 Å². The van der Waals surface area contributed by atoms with Crippen LogP contribution in [-0.4, -0.2) is 24.0 Å². The maximum Gasteiger partial charge on any atom is 0.416 e. The maximum absolute atomic E-state index is 12.7. The van der Waals surface area contributed by atoms with Crippen molar-refractivity contribution in [2.24, 2.45) is 0 Å². The van der Waals surface area contributed by atoms with Crippen molar-refractivity contribution in [3.05, 3.63) is 57.1 Å². The molecule has 2 aromatic rings. The molecule has 0 atom stereocenters. The van der Waals surface area contributed by atoms with Crippen LogP contribution in [-0.2, 0) is 15.7 Å². The van der Waals surface area contributed by atoms with Crippen LogP contribution in [0.4, 0.5) is 24.5 Å². The molecule has 0 saturated heterocycles. The number of nitro benzene ring substituents is 1. The molecule has 29 heavy (non-hydrogen) atoms. The van der Waals surface area contributed by atoms with Gasteiger partial charge in [0, 0.05) is 18.7 Å². The Hall–Kier alpha value is -3.01. The number of esters is 1. The molecule has 1 N–H and O–H groups in total. The quantitative estimate of drug-likeness (QED) is 0.340. The topological polar surface area (TPSA) is 90.7 Å². The van der Waals surface area contributed by atoms with Crippen molar-refractivity contribution in [1.29, 1.82) is 0 Å². The highest BCUT2D eigenvalue weighted by Crippen LogP contribution is 2.37. The standard InChI is InChI=1S/C18H16ClF3N2O5/c1-2-28-17(25)7-8-23-14-10-12(4-5-15(14)24(26)27)29-16-6-3-11(9-13(16)19)18(20,21)22/h3-6,9-10,23H,2,7-8H2,1H3. The number of hydrogen-bond acceptors (Lipinski definition) is 6. The first-order valence-corrected chi connectivity index (χ1v) is 8.72. The fourth-order valence-corrected chi connectivity index (χ4v) is 2.52. The molecule has 0 aliphatic heterocycles. The molecule has 0 spiro atoms. The van der Waals surface area contributed by atoms with Crippen molar-refractivity contribution in [2.75, 3.05) is 18.5 Å². The minimum atomic E-state index is -4.55. The van der Waals surface area contributed by atoms with E-state index < -0.39 is 22.6 Å². The van der Waals surface area contributed by atoms with Gasteiger partial charge in [0.2, 0.25) is 0 Å². The largest absolute Gasteiger partial charge is 0.466 e. The number of hydrogen-bond donors (Lipinski definition) is 1. The fourth-order valence-electron chi connectivity index (χ4n) is 2.30. The summed E-state index contributed by atoms with van der Waals surface area (Å²) in [6.07, 6.45) is -4.56. The number of nitrogens with one attached hydrogen (secondary N) is 1. The molecule has 11 heteroatoms. The van der Waals surface area contributed by atoms with E-state index >= 15 is 0 Å². The fraction of sp³-hybridized carbons (Fsp3) is 0.278. The molecule has 0 aliphatic rings. The molecular formula is C18H16ClF3N2O5. The predicted octanol–water partition coefficient (Wildman–Crippen LogP) is 5.42. The third kappa shape index (κ3) is 6.24. The number of carbonyl (C=O) groups excluding carboxylic acids is 1. The molecule has 0 heterocycles. The van der Waals surface area contributed by atoms with Gasteiger partial charge in [-0.2, -0.15) is 13.2 Å². The second-order valence-electron chi connectivity index (χ2n) is 5.66. The van der Waals surface area contributed by atoms with Crippen LogP contribution in [0.25, 0.3) is 0 Å². The van der Waals surface area contributed by atoms with Gasteiger partial charge in [0.1, 0.15) is 17.2 Å². The van der Waals surface area contributed by atoms with Crippen molar-refractivity contribution in [2.45, 2.75) is 19.5 Å². The molecule has 156 valence electrons. The summed E-state index contributed by atoms with van der Waals surface area (Å²) in [5.74, 6) is -0.409. The summed E-state index contributed by atoms with van der Waals surface area (Å²) in [6, 6.07) is 6.33. The van der Waals surface area contributed by atoms with E-state index in [4.69, 9.17) is 21.1 Å². The van der Waals surface area contributed by atoms with E-state index in [1.807, 2.05) is 0 Å². The van der Waals surface area contributed by atoms with Crippen LogP contribution in [0.15, 0.2) is 36.4 Å². The minimum absolute atomic E-state index is 0.0131. The van der Waals surface area contributed by atoms with Crippen molar-refractivity contribution in [3.8, 4) is 11.5 Å². The first-order chi connectivity index (χ1) is 13.6. The molecule has 0 fully saturated rings. The molecule has 0 bridgehead atoms. The van der Waals surface area contributed by atoms with Crippen molar-refractivity contribution < 1.29 is 32.4 Å². The summed E-state index contributed by atoms with van der Waals surface area (Å²) in [5.41, 5.74) is -1.13. The third-order valence-corrected chi connectivity index (χ3v) is 3.90. The molecule has 7 nitrogen and oxygen atoms in total. The van der Waals surface area contributed by atoms with Gasteiger partial charge in [0.25, 0.3) is 5.69 Å². The lowest BCUT2D eigenvalue weighted by Gasteiger charge is -2.12. The molecule has 2 aromatic carbocycles. The van der Waals surface area contributed by atoms with Crippen molar-refractivity contribution >= 4 is 28.9 Å². The van der Waals surface area contributed by atoms with Crippen LogP contribution < -0.4 is 10.1 Å². The highest BCUT2D eigenvalue weighted by molar-refractivity contribution is 6.32. The second-order valence-corrected chi connectivity index (χ2v) is 6.07. The van der Waals surface area contributed by atoms with Crippen LogP contribution in [0.1, 0.15) is 18.9 Å². The third-order valence-electron chi connectivity index (χ3n) is 3.60. The molecular weight excluding hydrogens is 417 g/mol. The number of anilines is 1. The highest BCUT2D eigenvalue weighted by Gasteiger charge is 2.31. The molecule has 0 radical (unpaired) electrons. The number of nitrogens with zero attached hydrogens (tertiary/aromatic N) is 1. The van der Waals surface area contributed by atoms with Crippen molar-refractivity contribution in [1.82, 2.24) is 0 Å². The Kier molecular flexibility index (Phi) is 7.27. The van der Waals surface area contributed by atoms with Crippen LogP contribution in [0, 0.1) is 10.1 Å². The van der Waals surface area contributed by atoms with Gasteiger partial charge in [0.15, 0.2) is 0 Å². The number of alkyl halides is 3. The number of nitro groups is 1. The van der Waals surface area contributed by atoms with Gasteiger partial charge in [-0.3, -0.25) is 14.9 Å². The average Bonchev–Trinajstić information content (AvgIpc) is 2.62.